The summed E-state index contributed by atoms with van der Waals surface area (Å²) in [5.41, 5.74) is -0.0137. The van der Waals surface area contributed by atoms with Gasteiger partial charge in [-0.3, -0.25) is 10.1 Å². The molecule has 0 amide bonds. The van der Waals surface area contributed by atoms with Crippen molar-refractivity contribution in [3.63, 3.8) is 0 Å². The van der Waals surface area contributed by atoms with Gasteiger partial charge in [-0.05, 0) is 60.7 Å². The first-order valence-electron chi connectivity index (χ1n) is 8.27. The molecule has 0 saturated heterocycles. The van der Waals surface area contributed by atoms with E-state index in [1.165, 1.54) is 67.8 Å². The second kappa shape index (κ2) is 8.11. The molecule has 0 bridgehead atoms. The molecule has 148 valence electrons. The molecule has 0 aromatic heterocycles. The average molecular weight is 413 g/mol. The summed E-state index contributed by atoms with van der Waals surface area (Å²) in [7, 11) is -2.25. The Morgan fingerprint density at radius 1 is 0.828 bits per heavy atom. The molecular formula is C20H15NO7S. The maximum atomic E-state index is 12.7. The Bertz CT molecular complexity index is 1140. The number of carbonyl (C=O) groups excluding carboxylic acids is 1. The number of non-ortho nitro benzene ring substituents is 1. The number of carbonyl (C=O) groups is 1. The van der Waals surface area contributed by atoms with Gasteiger partial charge < -0.3 is 9.47 Å². The second-order valence-electron chi connectivity index (χ2n) is 5.84. The van der Waals surface area contributed by atoms with E-state index in [4.69, 9.17) is 9.47 Å². The van der Waals surface area contributed by atoms with Gasteiger partial charge in [-0.1, -0.05) is 0 Å². The Morgan fingerprint density at radius 3 is 1.76 bits per heavy atom. The van der Waals surface area contributed by atoms with Crippen molar-refractivity contribution in [1.82, 2.24) is 0 Å². The maximum absolute atomic E-state index is 12.7. The summed E-state index contributed by atoms with van der Waals surface area (Å²) in [5, 5.41) is 10.7. The third kappa shape index (κ3) is 4.41. The molecule has 0 fully saturated rings. The largest absolute Gasteiger partial charge is 0.497 e. The standard InChI is InChI=1S/C20H15NO7S/c1-27-16-6-10-18(11-7-16)29(25,26)19-12-8-17(9-13-19)28-20(22)14-2-4-15(5-3-14)21(23)24/h2-13H,1H3. The van der Waals surface area contributed by atoms with E-state index in [2.05, 4.69) is 0 Å². The number of benzene rings is 3. The highest BCUT2D eigenvalue weighted by molar-refractivity contribution is 7.91. The summed E-state index contributed by atoms with van der Waals surface area (Å²) >= 11 is 0. The van der Waals surface area contributed by atoms with Crippen molar-refractivity contribution in [3.05, 3.63) is 88.5 Å². The van der Waals surface area contributed by atoms with Gasteiger partial charge in [-0.15, -0.1) is 0 Å². The van der Waals surface area contributed by atoms with Gasteiger partial charge in [-0.2, -0.15) is 0 Å². The Hall–Kier alpha value is -3.72. The first kappa shape index (κ1) is 20.0. The molecule has 0 heterocycles. The predicted octanol–water partition coefficient (Wildman–Crippen LogP) is 3.66. The predicted molar refractivity (Wildman–Crippen MR) is 103 cm³/mol. The van der Waals surface area contributed by atoms with Crippen LogP contribution >= 0.6 is 0 Å². The molecule has 3 aromatic carbocycles. The summed E-state index contributed by atoms with van der Waals surface area (Å²) in [6.45, 7) is 0. The van der Waals surface area contributed by atoms with Crippen molar-refractivity contribution in [1.29, 1.82) is 0 Å². The van der Waals surface area contributed by atoms with E-state index in [9.17, 15) is 23.3 Å². The Balaban J connectivity index is 1.75. The maximum Gasteiger partial charge on any atom is 0.343 e. The lowest BCUT2D eigenvalue weighted by Gasteiger charge is -2.08. The van der Waals surface area contributed by atoms with E-state index in [0.717, 1.165) is 0 Å². The van der Waals surface area contributed by atoms with Crippen LogP contribution in [0.5, 0.6) is 11.5 Å². The van der Waals surface area contributed by atoms with Crippen LogP contribution in [0, 0.1) is 10.1 Å². The molecule has 0 unspecified atom stereocenters. The fourth-order valence-electron chi connectivity index (χ4n) is 2.46. The molecule has 0 aliphatic rings. The zero-order valence-electron chi connectivity index (χ0n) is 15.1. The van der Waals surface area contributed by atoms with Gasteiger partial charge in [-0.25, -0.2) is 13.2 Å². The van der Waals surface area contributed by atoms with Gasteiger partial charge in [0.1, 0.15) is 11.5 Å². The summed E-state index contributed by atoms with van der Waals surface area (Å²) in [4.78, 5) is 22.4. The van der Waals surface area contributed by atoms with E-state index in [1.807, 2.05) is 0 Å². The number of hydrogen-bond acceptors (Lipinski definition) is 7. The van der Waals surface area contributed by atoms with Crippen LogP contribution in [0.4, 0.5) is 5.69 Å². The fraction of sp³-hybridized carbons (Fsp3) is 0.0500. The molecule has 9 heteroatoms. The van der Waals surface area contributed by atoms with Crippen molar-refractivity contribution >= 4 is 21.5 Å². The minimum absolute atomic E-state index is 0.0396. The number of ether oxygens (including phenoxy) is 2. The van der Waals surface area contributed by atoms with Crippen LogP contribution in [0.25, 0.3) is 0 Å². The number of nitro benzene ring substituents is 1. The number of sulfone groups is 1. The van der Waals surface area contributed by atoms with Gasteiger partial charge in [0.05, 0.1) is 27.4 Å². The van der Waals surface area contributed by atoms with Crippen LogP contribution in [0.2, 0.25) is 0 Å². The second-order valence-corrected chi connectivity index (χ2v) is 7.79. The van der Waals surface area contributed by atoms with Crippen LogP contribution in [0.3, 0.4) is 0 Å². The third-order valence-electron chi connectivity index (χ3n) is 4.03. The monoisotopic (exact) mass is 413 g/mol. The van der Waals surface area contributed by atoms with Gasteiger partial charge in [0.2, 0.25) is 9.84 Å². The van der Waals surface area contributed by atoms with Gasteiger partial charge in [0.15, 0.2) is 0 Å². The summed E-state index contributed by atoms with van der Waals surface area (Å²) in [5.74, 6) is -0.0369. The number of hydrogen-bond donors (Lipinski definition) is 0. The van der Waals surface area contributed by atoms with Crippen LogP contribution in [-0.2, 0) is 9.84 Å². The third-order valence-corrected chi connectivity index (χ3v) is 5.81. The molecule has 0 radical (unpaired) electrons. The zero-order chi connectivity index (χ0) is 21.0. The van der Waals surface area contributed by atoms with Crippen LogP contribution in [0.1, 0.15) is 10.4 Å². The Kier molecular flexibility index (Phi) is 5.60. The number of methoxy groups -OCH3 is 1. The van der Waals surface area contributed by atoms with Crippen molar-refractivity contribution in [2.24, 2.45) is 0 Å². The molecule has 3 aromatic rings. The highest BCUT2D eigenvalue weighted by Gasteiger charge is 2.18. The minimum Gasteiger partial charge on any atom is -0.497 e. The molecule has 3 rings (SSSR count). The summed E-state index contributed by atoms with van der Waals surface area (Å²) in [6.07, 6.45) is 0. The molecule has 0 saturated carbocycles. The van der Waals surface area contributed by atoms with Crippen LogP contribution in [0.15, 0.2) is 82.6 Å². The van der Waals surface area contributed by atoms with Crippen LogP contribution < -0.4 is 9.47 Å². The van der Waals surface area contributed by atoms with Gasteiger partial charge in [0, 0.05) is 12.1 Å². The van der Waals surface area contributed by atoms with E-state index in [1.54, 1.807) is 12.1 Å². The normalized spacial score (nSPS) is 10.9. The number of nitro groups is 1. The fourth-order valence-corrected chi connectivity index (χ4v) is 3.72. The Labute approximate surface area is 166 Å². The van der Waals surface area contributed by atoms with E-state index >= 15 is 0 Å². The molecule has 8 nitrogen and oxygen atoms in total. The first-order chi connectivity index (χ1) is 13.8. The molecular weight excluding hydrogens is 398 g/mol. The zero-order valence-corrected chi connectivity index (χ0v) is 16.0. The first-order valence-corrected chi connectivity index (χ1v) is 9.75. The van der Waals surface area contributed by atoms with Crippen LogP contribution in [-0.4, -0.2) is 26.4 Å². The lowest BCUT2D eigenvalue weighted by molar-refractivity contribution is -0.384. The lowest BCUT2D eigenvalue weighted by Crippen LogP contribution is -2.09. The van der Waals surface area contributed by atoms with Crippen molar-refractivity contribution in [2.75, 3.05) is 7.11 Å². The smallest absolute Gasteiger partial charge is 0.343 e. The number of rotatable bonds is 6. The molecule has 0 N–H and O–H groups in total. The average Bonchev–Trinajstić information content (AvgIpc) is 2.74. The molecule has 0 aliphatic heterocycles. The van der Waals surface area contributed by atoms with E-state index < -0.39 is 20.7 Å². The van der Waals surface area contributed by atoms with E-state index in [-0.39, 0.29) is 26.8 Å². The quantitative estimate of drug-likeness (QED) is 0.262. The molecule has 0 spiro atoms. The lowest BCUT2D eigenvalue weighted by atomic mass is 10.2. The topological polar surface area (TPSA) is 113 Å². The SMILES string of the molecule is COc1ccc(S(=O)(=O)c2ccc(OC(=O)c3ccc([N+](=O)[O-])cc3)cc2)cc1. The van der Waals surface area contributed by atoms with Gasteiger partial charge in [0.25, 0.3) is 5.69 Å². The highest BCUT2D eigenvalue weighted by Crippen LogP contribution is 2.25. The summed E-state index contributed by atoms with van der Waals surface area (Å²) < 4.78 is 35.5. The number of esters is 1. The Morgan fingerprint density at radius 2 is 1.31 bits per heavy atom. The summed E-state index contributed by atoms with van der Waals surface area (Å²) in [6, 6.07) is 16.3. The number of nitrogens with zero attached hydrogens (tertiary/aromatic N) is 1. The molecule has 29 heavy (non-hydrogen) atoms. The molecule has 0 atom stereocenters. The molecule has 0 aliphatic carbocycles. The van der Waals surface area contributed by atoms with Crippen molar-refractivity contribution in [3.8, 4) is 11.5 Å². The van der Waals surface area contributed by atoms with E-state index in [0.29, 0.717) is 5.75 Å². The van der Waals surface area contributed by atoms with Gasteiger partial charge >= 0.3 is 5.97 Å². The minimum atomic E-state index is -3.73. The highest BCUT2D eigenvalue weighted by atomic mass is 32.2. The van der Waals surface area contributed by atoms with Crippen molar-refractivity contribution < 1.29 is 27.6 Å². The van der Waals surface area contributed by atoms with Crippen molar-refractivity contribution in [2.45, 2.75) is 9.79 Å².